The second-order valence-electron chi connectivity index (χ2n) is 6.54. The maximum absolute atomic E-state index is 12.5. The lowest BCUT2D eigenvalue weighted by atomic mass is 9.89. The molecule has 0 amide bonds. The molecule has 27 heavy (non-hydrogen) atoms. The Morgan fingerprint density at radius 3 is 1.52 bits per heavy atom. The van der Waals surface area contributed by atoms with Crippen molar-refractivity contribution in [1.82, 2.24) is 0 Å². The molecule has 0 aliphatic carbocycles. The summed E-state index contributed by atoms with van der Waals surface area (Å²) in [5.41, 5.74) is 2.49. The van der Waals surface area contributed by atoms with Crippen LogP contribution in [-0.4, -0.2) is 18.9 Å². The fraction of sp³-hybridized carbons (Fsp3) is 0.0833. The maximum Gasteiger partial charge on any atom is 0.338 e. The van der Waals surface area contributed by atoms with Crippen LogP contribution < -0.4 is 0 Å². The molecule has 0 radical (unpaired) electrons. The quantitative estimate of drug-likeness (QED) is 0.353. The molecule has 3 heteroatoms. The molecule has 0 bridgehead atoms. The molecular formula is C24H18O3. The number of rotatable bonds is 3. The highest BCUT2D eigenvalue weighted by molar-refractivity contribution is 6.10. The molecule has 4 rings (SSSR count). The molecule has 4 aromatic rings. The van der Waals surface area contributed by atoms with Gasteiger partial charge in [-0.1, -0.05) is 48.5 Å². The number of benzene rings is 4. The smallest absolute Gasteiger partial charge is 0.338 e. The molecule has 0 unspecified atom stereocenters. The third kappa shape index (κ3) is 2.97. The van der Waals surface area contributed by atoms with Gasteiger partial charge in [0.05, 0.1) is 12.7 Å². The van der Waals surface area contributed by atoms with E-state index in [0.29, 0.717) is 16.7 Å². The summed E-state index contributed by atoms with van der Waals surface area (Å²) < 4.78 is 5.01. The van der Waals surface area contributed by atoms with Crippen LogP contribution in [0.2, 0.25) is 0 Å². The van der Waals surface area contributed by atoms with Gasteiger partial charge in [-0.15, -0.1) is 0 Å². The molecule has 0 atom stereocenters. The fourth-order valence-corrected chi connectivity index (χ4v) is 3.50. The van der Waals surface area contributed by atoms with E-state index in [4.69, 9.17) is 4.74 Å². The van der Waals surface area contributed by atoms with E-state index in [-0.39, 0.29) is 5.78 Å². The largest absolute Gasteiger partial charge is 0.465 e. The predicted molar refractivity (Wildman–Crippen MR) is 108 cm³/mol. The standard InChI is InChI=1S/C24H18O3/c1-15(25)20-11-16-7-3-4-8-17(16)12-21(20)22-13-18-9-5-6-10-19(18)14-23(22)24(26)27-2/h3-14H,1-2H3. The van der Waals surface area contributed by atoms with E-state index in [1.165, 1.54) is 7.11 Å². The lowest BCUT2D eigenvalue weighted by Crippen LogP contribution is -2.06. The number of hydrogen-bond acceptors (Lipinski definition) is 3. The Labute approximate surface area is 157 Å². The number of ether oxygens (including phenoxy) is 1. The van der Waals surface area contributed by atoms with Crippen molar-refractivity contribution in [3.63, 3.8) is 0 Å². The van der Waals surface area contributed by atoms with Crippen LogP contribution >= 0.6 is 0 Å². The minimum absolute atomic E-state index is 0.0419. The molecule has 0 saturated carbocycles. The summed E-state index contributed by atoms with van der Waals surface area (Å²) in [6.07, 6.45) is 0. The molecule has 0 fully saturated rings. The number of methoxy groups -OCH3 is 1. The van der Waals surface area contributed by atoms with Crippen LogP contribution in [0.1, 0.15) is 27.6 Å². The molecular weight excluding hydrogens is 336 g/mol. The SMILES string of the molecule is COC(=O)c1cc2ccccc2cc1-c1cc2ccccc2cc1C(C)=O. The number of carbonyl (C=O) groups is 2. The first-order valence-corrected chi connectivity index (χ1v) is 8.73. The first kappa shape index (κ1) is 17.0. The van der Waals surface area contributed by atoms with Crippen molar-refractivity contribution in [1.29, 1.82) is 0 Å². The minimum Gasteiger partial charge on any atom is -0.465 e. The molecule has 0 saturated heterocycles. The van der Waals surface area contributed by atoms with Crippen molar-refractivity contribution in [2.45, 2.75) is 6.92 Å². The van der Waals surface area contributed by atoms with Crippen LogP contribution in [0.4, 0.5) is 0 Å². The fourth-order valence-electron chi connectivity index (χ4n) is 3.50. The lowest BCUT2D eigenvalue weighted by molar-refractivity contribution is 0.0601. The Hall–Kier alpha value is -3.46. The van der Waals surface area contributed by atoms with Crippen LogP contribution in [0.25, 0.3) is 32.7 Å². The van der Waals surface area contributed by atoms with Gasteiger partial charge in [0.1, 0.15) is 0 Å². The molecule has 0 aromatic heterocycles. The van der Waals surface area contributed by atoms with Gasteiger partial charge >= 0.3 is 5.97 Å². The average molecular weight is 354 g/mol. The highest BCUT2D eigenvalue weighted by Gasteiger charge is 2.19. The van der Waals surface area contributed by atoms with Crippen LogP contribution in [0.5, 0.6) is 0 Å². The summed E-state index contributed by atoms with van der Waals surface area (Å²) in [7, 11) is 1.37. The van der Waals surface area contributed by atoms with Crippen LogP contribution in [0.15, 0.2) is 72.8 Å². The summed E-state index contributed by atoms with van der Waals surface area (Å²) in [5.74, 6) is -0.460. The number of Topliss-reactive ketones (excluding diaryl/α,β-unsaturated/α-hetero) is 1. The number of ketones is 1. The van der Waals surface area contributed by atoms with Gasteiger partial charge in [-0.05, 0) is 63.9 Å². The van der Waals surface area contributed by atoms with Gasteiger partial charge in [-0.3, -0.25) is 4.79 Å². The molecule has 132 valence electrons. The van der Waals surface area contributed by atoms with E-state index in [0.717, 1.165) is 27.1 Å². The zero-order chi connectivity index (χ0) is 19.0. The lowest BCUT2D eigenvalue weighted by Gasteiger charge is -2.14. The number of fused-ring (bicyclic) bond motifs is 2. The third-order valence-electron chi connectivity index (χ3n) is 4.85. The van der Waals surface area contributed by atoms with E-state index in [2.05, 4.69) is 0 Å². The average Bonchev–Trinajstić information content (AvgIpc) is 2.71. The van der Waals surface area contributed by atoms with Crippen LogP contribution in [0.3, 0.4) is 0 Å². The normalized spacial score (nSPS) is 10.9. The topological polar surface area (TPSA) is 43.4 Å². The van der Waals surface area contributed by atoms with E-state index < -0.39 is 5.97 Å². The first-order chi connectivity index (χ1) is 13.1. The zero-order valence-electron chi connectivity index (χ0n) is 15.2. The number of carbonyl (C=O) groups excluding carboxylic acids is 2. The van der Waals surface area contributed by atoms with Gasteiger partial charge in [0, 0.05) is 5.56 Å². The van der Waals surface area contributed by atoms with Gasteiger partial charge in [-0.2, -0.15) is 0 Å². The Morgan fingerprint density at radius 1 is 0.667 bits per heavy atom. The Morgan fingerprint density at radius 2 is 1.07 bits per heavy atom. The molecule has 0 spiro atoms. The van der Waals surface area contributed by atoms with E-state index >= 15 is 0 Å². The Balaban J connectivity index is 2.10. The second kappa shape index (κ2) is 6.69. The summed E-state index contributed by atoms with van der Waals surface area (Å²) in [6.45, 7) is 1.55. The highest BCUT2D eigenvalue weighted by atomic mass is 16.5. The maximum atomic E-state index is 12.5. The van der Waals surface area contributed by atoms with E-state index in [1.54, 1.807) is 6.92 Å². The minimum atomic E-state index is -0.418. The molecule has 4 aromatic carbocycles. The second-order valence-corrected chi connectivity index (χ2v) is 6.54. The monoisotopic (exact) mass is 354 g/mol. The molecule has 0 aliphatic rings. The van der Waals surface area contributed by atoms with Crippen LogP contribution in [0, 0.1) is 0 Å². The van der Waals surface area contributed by atoms with Crippen LogP contribution in [-0.2, 0) is 4.74 Å². The van der Waals surface area contributed by atoms with Crippen molar-refractivity contribution in [3.05, 3.63) is 83.9 Å². The first-order valence-electron chi connectivity index (χ1n) is 8.73. The summed E-state index contributed by atoms with van der Waals surface area (Å²) in [5, 5.41) is 3.96. The summed E-state index contributed by atoms with van der Waals surface area (Å²) >= 11 is 0. The van der Waals surface area contributed by atoms with Gasteiger partial charge in [0.2, 0.25) is 0 Å². The Kier molecular flexibility index (Phi) is 4.21. The predicted octanol–water partition coefficient (Wildman–Crippen LogP) is 5.65. The molecule has 0 heterocycles. The zero-order valence-corrected chi connectivity index (χ0v) is 15.2. The van der Waals surface area contributed by atoms with Gasteiger partial charge in [-0.25, -0.2) is 4.79 Å². The third-order valence-corrected chi connectivity index (χ3v) is 4.85. The van der Waals surface area contributed by atoms with Crippen molar-refractivity contribution in [2.24, 2.45) is 0 Å². The van der Waals surface area contributed by atoms with Crippen molar-refractivity contribution < 1.29 is 14.3 Å². The molecule has 3 nitrogen and oxygen atoms in total. The molecule has 0 N–H and O–H groups in total. The van der Waals surface area contributed by atoms with E-state index in [9.17, 15) is 9.59 Å². The summed E-state index contributed by atoms with van der Waals surface area (Å²) in [6, 6.07) is 23.4. The number of hydrogen-bond donors (Lipinski definition) is 0. The van der Waals surface area contributed by atoms with Crippen molar-refractivity contribution >= 4 is 33.3 Å². The van der Waals surface area contributed by atoms with Gasteiger partial charge in [0.25, 0.3) is 0 Å². The van der Waals surface area contributed by atoms with Gasteiger partial charge in [0.15, 0.2) is 5.78 Å². The van der Waals surface area contributed by atoms with E-state index in [1.807, 2.05) is 72.8 Å². The van der Waals surface area contributed by atoms with Crippen molar-refractivity contribution in [3.8, 4) is 11.1 Å². The van der Waals surface area contributed by atoms with Crippen molar-refractivity contribution in [2.75, 3.05) is 7.11 Å². The highest BCUT2D eigenvalue weighted by Crippen LogP contribution is 2.34. The van der Waals surface area contributed by atoms with Gasteiger partial charge < -0.3 is 4.74 Å². The number of esters is 1. The Bertz CT molecular complexity index is 1200. The summed E-state index contributed by atoms with van der Waals surface area (Å²) in [4.78, 5) is 24.9. The molecule has 0 aliphatic heterocycles.